The minimum atomic E-state index is -4.68. The van der Waals surface area contributed by atoms with Gasteiger partial charge in [-0.05, 0) is 97.8 Å². The Morgan fingerprint density at radius 2 is 0.919 bits per heavy atom. The van der Waals surface area contributed by atoms with Gasteiger partial charge in [-0.3, -0.25) is 14.1 Å². The second-order valence-electron chi connectivity index (χ2n) is 13.4. The predicted octanol–water partition coefficient (Wildman–Crippen LogP) is 6.97. The van der Waals surface area contributed by atoms with E-state index in [9.17, 15) is 22.6 Å². The number of methoxy groups -OCH3 is 2. The van der Waals surface area contributed by atoms with Crippen molar-refractivity contribution in [1.29, 1.82) is 0 Å². The second-order valence-corrected chi connectivity index (χ2v) is 14.8. The van der Waals surface area contributed by atoms with E-state index >= 15 is 0 Å². The van der Waals surface area contributed by atoms with E-state index in [1.807, 2.05) is 0 Å². The molecule has 4 aromatic carbocycles. The van der Waals surface area contributed by atoms with Crippen molar-refractivity contribution in [2.75, 3.05) is 72.4 Å². The van der Waals surface area contributed by atoms with E-state index in [1.54, 1.807) is 105 Å². The first-order chi connectivity index (χ1) is 29.8. The Kier molecular flexibility index (Phi) is 14.8. The summed E-state index contributed by atoms with van der Waals surface area (Å²) in [6.45, 7) is 4.65. The van der Waals surface area contributed by atoms with Gasteiger partial charge in [0.15, 0.2) is 11.6 Å². The lowest BCUT2D eigenvalue weighted by atomic mass is 10.1. The summed E-state index contributed by atoms with van der Waals surface area (Å²) in [5.41, 5.74) is 4.30. The summed E-state index contributed by atoms with van der Waals surface area (Å²) in [4.78, 5) is 49.8. The number of aromatic nitrogens is 6. The number of rotatable bonds is 21. The molecule has 6 rings (SSSR count). The number of carbonyl (C=O) groups excluding carboxylic acids is 2. The molecule has 20 heteroatoms. The molecule has 0 spiro atoms. The molecule has 2 aromatic heterocycles. The van der Waals surface area contributed by atoms with E-state index in [1.165, 1.54) is 26.0 Å². The van der Waals surface area contributed by atoms with Gasteiger partial charge in [0.1, 0.15) is 4.90 Å². The maximum atomic E-state index is 12.6. The highest BCUT2D eigenvalue weighted by Crippen LogP contribution is 2.27. The number of ether oxygens (including phenoxy) is 2. The van der Waals surface area contributed by atoms with E-state index in [2.05, 4.69) is 61.8 Å². The number of carbonyl (C=O) groups is 2. The van der Waals surface area contributed by atoms with E-state index in [0.717, 1.165) is 5.56 Å². The molecule has 0 aliphatic heterocycles. The van der Waals surface area contributed by atoms with Crippen LogP contribution < -0.4 is 31.9 Å². The van der Waals surface area contributed by atoms with Crippen LogP contribution in [-0.4, -0.2) is 95.0 Å². The minimum Gasteiger partial charge on any atom is -0.383 e. The van der Waals surface area contributed by atoms with Crippen molar-refractivity contribution in [3.05, 3.63) is 113 Å². The number of anilines is 10. The Labute approximate surface area is 357 Å². The lowest BCUT2D eigenvalue weighted by Gasteiger charge is -2.13. The fourth-order valence-corrected chi connectivity index (χ4v) is 6.30. The summed E-state index contributed by atoms with van der Waals surface area (Å²) in [7, 11) is -1.53. The van der Waals surface area contributed by atoms with Crippen LogP contribution in [0.3, 0.4) is 0 Å². The van der Waals surface area contributed by atoms with Crippen LogP contribution in [0.1, 0.15) is 45.7 Å². The van der Waals surface area contributed by atoms with Crippen LogP contribution in [0.25, 0.3) is 12.2 Å². The molecular formula is C42H44N12O7S. The standard InChI is InChI=1S/C42H44N12O7S/c1-26(55)29-9-16-33(17-10-29)46-40-50-37(43-21-23-60-3)49-39(53-40)45-32-14-6-28(7-15-32)5-8-31-13-20-35(25-36(31)62(57,58)59)48-42-52-38(44-22-24-61-4)51-41(54-42)47-34-18-11-30(12-19-34)27(2)56/h5-20,25H,21-24H2,1-4H3,(H,57,58,59)(H3,43,45,46,49,50,53)(H3,44,47,48,51,52,54)/b8-5+. The van der Waals surface area contributed by atoms with Gasteiger partial charge >= 0.3 is 0 Å². The first-order valence-electron chi connectivity index (χ1n) is 19.0. The average molecular weight is 861 g/mol. The van der Waals surface area contributed by atoms with Crippen molar-refractivity contribution in [3.8, 4) is 0 Å². The van der Waals surface area contributed by atoms with Crippen LogP contribution >= 0.6 is 0 Å². The fourth-order valence-electron chi connectivity index (χ4n) is 5.59. The topological polar surface area (TPSA) is 256 Å². The summed E-state index contributed by atoms with van der Waals surface area (Å²) in [6.07, 6.45) is 3.27. The van der Waals surface area contributed by atoms with Crippen LogP contribution in [-0.2, 0) is 19.6 Å². The summed E-state index contributed by atoms with van der Waals surface area (Å²) in [6, 6.07) is 25.3. The van der Waals surface area contributed by atoms with Crippen molar-refractivity contribution in [2.45, 2.75) is 18.7 Å². The summed E-state index contributed by atoms with van der Waals surface area (Å²) in [5, 5.41) is 18.6. The molecule has 0 saturated heterocycles. The zero-order valence-corrected chi connectivity index (χ0v) is 34.9. The maximum absolute atomic E-state index is 12.6. The van der Waals surface area contributed by atoms with Crippen molar-refractivity contribution in [1.82, 2.24) is 29.9 Å². The molecule has 2 heterocycles. The maximum Gasteiger partial charge on any atom is 0.295 e. The normalized spacial score (nSPS) is 11.2. The Hall–Kier alpha value is -7.39. The molecule has 19 nitrogen and oxygen atoms in total. The van der Waals surface area contributed by atoms with Crippen molar-refractivity contribution in [3.63, 3.8) is 0 Å². The van der Waals surface area contributed by atoms with Crippen molar-refractivity contribution in [2.24, 2.45) is 0 Å². The van der Waals surface area contributed by atoms with E-state index in [4.69, 9.17) is 9.47 Å². The zero-order valence-electron chi connectivity index (χ0n) is 34.1. The van der Waals surface area contributed by atoms with Gasteiger partial charge < -0.3 is 41.4 Å². The smallest absolute Gasteiger partial charge is 0.295 e. The lowest BCUT2D eigenvalue weighted by molar-refractivity contribution is 0.100. The molecule has 0 unspecified atom stereocenters. The minimum absolute atomic E-state index is 0.0419. The molecule has 0 fully saturated rings. The van der Waals surface area contributed by atoms with E-state index in [0.29, 0.717) is 60.4 Å². The van der Waals surface area contributed by atoms with Gasteiger partial charge in [0.05, 0.1) is 13.2 Å². The molecule has 0 atom stereocenters. The number of nitrogens with one attached hydrogen (secondary N) is 6. The van der Waals surface area contributed by atoms with Crippen LogP contribution in [0.2, 0.25) is 0 Å². The van der Waals surface area contributed by atoms with E-state index < -0.39 is 10.1 Å². The van der Waals surface area contributed by atoms with Gasteiger partial charge in [0, 0.05) is 61.2 Å². The van der Waals surface area contributed by atoms with Crippen LogP contribution in [0.4, 0.5) is 58.4 Å². The molecule has 0 aliphatic rings. The highest BCUT2D eigenvalue weighted by Gasteiger charge is 2.17. The zero-order chi connectivity index (χ0) is 44.1. The number of Topliss-reactive ketones (excluding diaryl/α,β-unsaturated/α-hetero) is 2. The Bertz CT molecular complexity index is 2650. The van der Waals surface area contributed by atoms with Gasteiger partial charge in [0.25, 0.3) is 10.1 Å². The third-order valence-corrected chi connectivity index (χ3v) is 9.62. The van der Waals surface area contributed by atoms with Crippen LogP contribution in [0.15, 0.2) is 95.9 Å². The molecular weight excluding hydrogens is 817 g/mol. The molecule has 62 heavy (non-hydrogen) atoms. The average Bonchev–Trinajstić information content (AvgIpc) is 3.24. The second kappa shape index (κ2) is 20.7. The molecule has 0 amide bonds. The number of nitrogens with zero attached hydrogens (tertiary/aromatic N) is 6. The molecule has 0 bridgehead atoms. The molecule has 320 valence electrons. The van der Waals surface area contributed by atoms with Crippen molar-refractivity contribution >= 4 is 92.3 Å². The highest BCUT2D eigenvalue weighted by molar-refractivity contribution is 7.86. The first kappa shape index (κ1) is 44.2. The summed E-state index contributed by atoms with van der Waals surface area (Å²) in [5.74, 6) is 1.16. The van der Waals surface area contributed by atoms with Gasteiger partial charge in [-0.25, -0.2) is 0 Å². The first-order valence-corrected chi connectivity index (χ1v) is 20.5. The SMILES string of the molecule is COCCNc1nc(Nc2ccc(/C=C/c3ccc(Nc4nc(NCCOC)nc(Nc5ccc(C(C)=O)cc5)n4)cc3S(=O)(=O)O)cc2)nc(Nc2ccc(C(C)=O)cc2)n1. The fraction of sp³-hybridized carbons (Fsp3) is 0.190. The molecule has 7 N–H and O–H groups in total. The molecule has 6 aromatic rings. The molecule has 0 saturated carbocycles. The lowest BCUT2D eigenvalue weighted by Crippen LogP contribution is -2.13. The van der Waals surface area contributed by atoms with Gasteiger partial charge in [-0.2, -0.15) is 38.3 Å². The third kappa shape index (κ3) is 12.8. The monoisotopic (exact) mass is 860 g/mol. The van der Waals surface area contributed by atoms with Gasteiger partial charge in [-0.1, -0.05) is 30.4 Å². The largest absolute Gasteiger partial charge is 0.383 e. The highest BCUT2D eigenvalue weighted by atomic mass is 32.2. The number of ketones is 2. The Morgan fingerprint density at radius 1 is 0.548 bits per heavy atom. The number of hydrogen-bond donors (Lipinski definition) is 7. The Morgan fingerprint density at radius 3 is 1.31 bits per heavy atom. The molecule has 0 radical (unpaired) electrons. The van der Waals surface area contributed by atoms with Gasteiger partial charge in [-0.15, -0.1) is 0 Å². The quantitative estimate of drug-likeness (QED) is 0.0167. The predicted molar refractivity (Wildman–Crippen MR) is 238 cm³/mol. The van der Waals surface area contributed by atoms with Crippen molar-refractivity contribution < 1.29 is 32.0 Å². The summed E-state index contributed by atoms with van der Waals surface area (Å²) < 4.78 is 45.7. The molecule has 0 aliphatic carbocycles. The van der Waals surface area contributed by atoms with Crippen LogP contribution in [0.5, 0.6) is 0 Å². The van der Waals surface area contributed by atoms with Crippen LogP contribution in [0, 0.1) is 0 Å². The third-order valence-electron chi connectivity index (χ3n) is 8.71. The number of benzene rings is 4. The van der Waals surface area contributed by atoms with Gasteiger partial charge in [0.2, 0.25) is 35.7 Å². The number of hydrogen-bond acceptors (Lipinski definition) is 18. The summed E-state index contributed by atoms with van der Waals surface area (Å²) >= 11 is 0. The Balaban J connectivity index is 1.18. The van der Waals surface area contributed by atoms with E-state index in [-0.39, 0.29) is 57.5 Å².